The van der Waals surface area contributed by atoms with E-state index in [1.54, 1.807) is 0 Å². The molecule has 1 aliphatic heterocycles. The number of rotatable bonds is 8. The Morgan fingerprint density at radius 1 is 1.17 bits per heavy atom. The summed E-state index contributed by atoms with van der Waals surface area (Å²) in [6.07, 6.45) is 10.1. The Morgan fingerprint density at radius 3 is 2.57 bits per heavy atom. The van der Waals surface area contributed by atoms with Crippen molar-refractivity contribution in [3.05, 3.63) is 84.1 Å². The molecule has 0 aliphatic carbocycles. The van der Waals surface area contributed by atoms with E-state index in [0.717, 1.165) is 35.7 Å². The van der Waals surface area contributed by atoms with Gasteiger partial charge in [0.05, 0.1) is 0 Å². The van der Waals surface area contributed by atoms with Gasteiger partial charge in [-0.1, -0.05) is 75.8 Å². The molecule has 0 amide bonds. The zero-order valence-corrected chi connectivity index (χ0v) is 22.8. The smallest absolute Gasteiger partial charge is 0.136 e. The van der Waals surface area contributed by atoms with Crippen LogP contribution in [0, 0.1) is 24.2 Å². The Hall–Kier alpha value is -2.81. The molecule has 0 bridgehead atoms. The highest BCUT2D eigenvalue weighted by Gasteiger charge is 2.33. The lowest BCUT2D eigenvalue weighted by molar-refractivity contribution is 0.210. The summed E-state index contributed by atoms with van der Waals surface area (Å²) in [5, 5.41) is 3.73. The third-order valence-corrected chi connectivity index (χ3v) is 7.69. The van der Waals surface area contributed by atoms with E-state index in [4.69, 9.17) is 4.98 Å². The second-order valence-electron chi connectivity index (χ2n) is 11.3. The molecule has 0 radical (unpaired) electrons. The van der Waals surface area contributed by atoms with E-state index in [1.807, 2.05) is 31.1 Å². The average molecular weight is 472 g/mol. The van der Waals surface area contributed by atoms with Crippen molar-refractivity contribution in [3.8, 4) is 0 Å². The van der Waals surface area contributed by atoms with Gasteiger partial charge < -0.3 is 10.2 Å². The van der Waals surface area contributed by atoms with Gasteiger partial charge >= 0.3 is 0 Å². The Morgan fingerprint density at radius 2 is 1.89 bits per heavy atom. The van der Waals surface area contributed by atoms with Crippen LogP contribution < -0.4 is 10.2 Å². The number of nitrogens with one attached hydrogen (secondary N) is 1. The molecule has 1 aromatic carbocycles. The van der Waals surface area contributed by atoms with E-state index in [9.17, 15) is 0 Å². The maximum Gasteiger partial charge on any atom is 0.136 e. The SMILES string of the molecule is C=C(C)/C=C\N(C)c1ccc2c(n1)NCC(CCCCc1ccc(C)cc1)CC(C)(C)C(C)C2=C. The van der Waals surface area contributed by atoms with Crippen LogP contribution in [0.25, 0.3) is 5.57 Å². The number of hydrogen-bond acceptors (Lipinski definition) is 3. The monoisotopic (exact) mass is 471 g/mol. The van der Waals surface area contributed by atoms with Gasteiger partial charge in [-0.15, -0.1) is 0 Å². The van der Waals surface area contributed by atoms with E-state index in [-0.39, 0.29) is 5.41 Å². The molecule has 1 aliphatic rings. The topological polar surface area (TPSA) is 28.2 Å². The fourth-order valence-corrected chi connectivity index (χ4v) is 5.01. The number of pyridine rings is 1. The second-order valence-corrected chi connectivity index (χ2v) is 11.3. The minimum Gasteiger partial charge on any atom is -0.369 e. The summed E-state index contributed by atoms with van der Waals surface area (Å²) in [6, 6.07) is 13.3. The Balaban J connectivity index is 1.74. The summed E-state index contributed by atoms with van der Waals surface area (Å²) in [7, 11) is 2.03. The highest BCUT2D eigenvalue weighted by Crippen LogP contribution is 2.44. The van der Waals surface area contributed by atoms with Gasteiger partial charge in [0.2, 0.25) is 0 Å². The summed E-state index contributed by atoms with van der Waals surface area (Å²) in [4.78, 5) is 7.06. The van der Waals surface area contributed by atoms with E-state index in [2.05, 4.69) is 82.6 Å². The van der Waals surface area contributed by atoms with Gasteiger partial charge in [-0.05, 0) is 86.1 Å². The average Bonchev–Trinajstić information content (AvgIpc) is 2.85. The molecule has 3 heteroatoms. The van der Waals surface area contributed by atoms with Crippen LogP contribution in [0.15, 0.2) is 67.4 Å². The Labute approximate surface area is 214 Å². The molecule has 3 rings (SSSR count). The number of aryl methyl sites for hydroxylation is 2. The van der Waals surface area contributed by atoms with E-state index in [1.165, 1.54) is 42.4 Å². The van der Waals surface area contributed by atoms with Crippen LogP contribution >= 0.6 is 0 Å². The molecule has 35 heavy (non-hydrogen) atoms. The van der Waals surface area contributed by atoms with Crippen LogP contribution in [0.5, 0.6) is 0 Å². The maximum absolute atomic E-state index is 5.02. The van der Waals surface area contributed by atoms with E-state index < -0.39 is 0 Å². The van der Waals surface area contributed by atoms with Gasteiger partial charge in [-0.3, -0.25) is 0 Å². The molecule has 2 heterocycles. The number of allylic oxidation sites excluding steroid dienone is 3. The molecule has 1 N–H and O–H groups in total. The number of nitrogens with zero attached hydrogens (tertiary/aromatic N) is 2. The lowest BCUT2D eigenvalue weighted by atomic mass is 9.69. The molecule has 3 nitrogen and oxygen atoms in total. The van der Waals surface area contributed by atoms with E-state index in [0.29, 0.717) is 11.8 Å². The summed E-state index contributed by atoms with van der Waals surface area (Å²) in [6.45, 7) is 20.7. The summed E-state index contributed by atoms with van der Waals surface area (Å²) >= 11 is 0. The van der Waals surface area contributed by atoms with Crippen LogP contribution in [0.2, 0.25) is 0 Å². The van der Waals surface area contributed by atoms with Crippen molar-refractivity contribution >= 4 is 17.2 Å². The fraction of sp³-hybridized carbons (Fsp3) is 0.469. The fourth-order valence-electron chi connectivity index (χ4n) is 5.01. The predicted molar refractivity (Wildman–Crippen MR) is 154 cm³/mol. The number of hydrogen-bond donors (Lipinski definition) is 1. The van der Waals surface area contributed by atoms with Crippen molar-refractivity contribution < 1.29 is 0 Å². The number of unbranched alkanes of at least 4 members (excludes halogenated alkanes) is 1. The van der Waals surface area contributed by atoms with Crippen LogP contribution in [-0.2, 0) is 6.42 Å². The third-order valence-electron chi connectivity index (χ3n) is 7.69. The van der Waals surface area contributed by atoms with Crippen molar-refractivity contribution in [2.24, 2.45) is 17.3 Å². The molecule has 2 aromatic rings. The Bertz CT molecular complexity index is 1040. The second kappa shape index (κ2) is 11.7. The molecule has 0 fully saturated rings. The molecule has 0 saturated heterocycles. The number of anilines is 2. The highest BCUT2D eigenvalue weighted by molar-refractivity contribution is 5.76. The first-order chi connectivity index (χ1) is 16.6. The molecule has 0 saturated carbocycles. The molecule has 0 spiro atoms. The van der Waals surface area contributed by atoms with Crippen molar-refractivity contribution in [3.63, 3.8) is 0 Å². The largest absolute Gasteiger partial charge is 0.369 e. The number of fused-ring (bicyclic) bond motifs is 1. The zero-order chi connectivity index (χ0) is 25.6. The van der Waals surface area contributed by atoms with Crippen LogP contribution in [0.1, 0.15) is 70.1 Å². The van der Waals surface area contributed by atoms with Crippen molar-refractivity contribution in [1.82, 2.24) is 4.98 Å². The van der Waals surface area contributed by atoms with Crippen molar-refractivity contribution in [1.29, 1.82) is 0 Å². The standard InChI is InChI=1S/C32H45N3/c1-23(2)19-20-35(8)30-18-17-29-25(4)26(5)32(6,7)21-28(22-33-31(29)34-30)12-10-9-11-27-15-13-24(3)14-16-27/h13-20,26,28H,1,4,9-12,21-22H2,2-3,5-8H3,(H,33,34)/b20-19-. The minimum atomic E-state index is 0.182. The Kier molecular flexibility index (Phi) is 8.99. The third kappa shape index (κ3) is 7.34. The minimum absolute atomic E-state index is 0.182. The molecule has 2 atom stereocenters. The van der Waals surface area contributed by atoms with Gasteiger partial charge in [0.15, 0.2) is 0 Å². The quantitative estimate of drug-likeness (QED) is 0.309. The first-order valence-corrected chi connectivity index (χ1v) is 13.1. The van der Waals surface area contributed by atoms with Gasteiger partial charge in [0.1, 0.15) is 11.6 Å². The predicted octanol–water partition coefficient (Wildman–Crippen LogP) is 8.44. The molecular weight excluding hydrogens is 426 g/mol. The summed E-state index contributed by atoms with van der Waals surface area (Å²) < 4.78 is 0. The number of aromatic nitrogens is 1. The first kappa shape index (κ1) is 26.8. The van der Waals surface area contributed by atoms with Gasteiger partial charge in [-0.2, -0.15) is 0 Å². The maximum atomic E-state index is 5.02. The molecular formula is C32H45N3. The van der Waals surface area contributed by atoms with Crippen LogP contribution in [0.4, 0.5) is 11.6 Å². The van der Waals surface area contributed by atoms with Gasteiger partial charge in [0, 0.05) is 25.4 Å². The van der Waals surface area contributed by atoms with Crippen LogP contribution in [-0.4, -0.2) is 18.6 Å². The molecule has 2 unspecified atom stereocenters. The highest BCUT2D eigenvalue weighted by atomic mass is 15.2. The lowest BCUT2D eigenvalue weighted by Gasteiger charge is -2.35. The number of benzene rings is 1. The van der Waals surface area contributed by atoms with Crippen molar-refractivity contribution in [2.75, 3.05) is 23.8 Å². The normalized spacial score (nSPS) is 19.9. The van der Waals surface area contributed by atoms with Crippen molar-refractivity contribution in [2.45, 2.75) is 66.7 Å². The lowest BCUT2D eigenvalue weighted by Crippen LogP contribution is -2.27. The summed E-state index contributed by atoms with van der Waals surface area (Å²) in [5.74, 6) is 2.86. The van der Waals surface area contributed by atoms with Crippen LogP contribution in [0.3, 0.4) is 0 Å². The molecule has 188 valence electrons. The zero-order valence-electron chi connectivity index (χ0n) is 22.8. The van der Waals surface area contributed by atoms with E-state index >= 15 is 0 Å². The van der Waals surface area contributed by atoms with Gasteiger partial charge in [-0.25, -0.2) is 4.98 Å². The summed E-state index contributed by atoms with van der Waals surface area (Å²) in [5.41, 5.74) is 6.31. The molecule has 1 aromatic heterocycles. The first-order valence-electron chi connectivity index (χ1n) is 13.1. The van der Waals surface area contributed by atoms with Gasteiger partial charge in [0.25, 0.3) is 0 Å².